The second-order valence-electron chi connectivity index (χ2n) is 5.13. The Balaban J connectivity index is 2.50. The fraction of sp³-hybridized carbons (Fsp3) is 0.267. The third-order valence-corrected chi connectivity index (χ3v) is 4.61. The number of hydrogen-bond acceptors (Lipinski definition) is 1. The van der Waals surface area contributed by atoms with Crippen LogP contribution < -0.4 is 0 Å². The topological polar surface area (TPSA) is 12.4 Å². The minimum atomic E-state index is 0.0517. The molecule has 1 nitrogen and oxygen atoms in total. The van der Waals surface area contributed by atoms with E-state index in [0.717, 1.165) is 0 Å². The van der Waals surface area contributed by atoms with Crippen molar-refractivity contribution in [3.63, 3.8) is 0 Å². The van der Waals surface area contributed by atoms with E-state index >= 15 is 0 Å². The highest BCUT2D eigenvalue weighted by Gasteiger charge is 2.34. The van der Waals surface area contributed by atoms with Gasteiger partial charge in [0.15, 0.2) is 0 Å². The maximum atomic E-state index is 4.76. The smallest absolute Gasteiger partial charge is 0.0810 e. The van der Waals surface area contributed by atoms with Gasteiger partial charge >= 0.3 is 0 Å². The summed E-state index contributed by atoms with van der Waals surface area (Å²) in [4.78, 5) is 4.76. The van der Waals surface area contributed by atoms with E-state index in [9.17, 15) is 0 Å². The molecule has 86 valence electrons. The molecule has 0 aliphatic carbocycles. The van der Waals surface area contributed by atoms with Crippen LogP contribution in [0.1, 0.15) is 26.3 Å². The Labute approximate surface area is 115 Å². The zero-order valence-corrected chi connectivity index (χ0v) is 12.4. The summed E-state index contributed by atoms with van der Waals surface area (Å²) >= 11 is 2.39. The SMILES string of the molecule is CC1=Nc2c(I)cc3ccccc3c2C1(C)C. The van der Waals surface area contributed by atoms with E-state index in [0.29, 0.717) is 0 Å². The molecular weight excluding hydrogens is 321 g/mol. The van der Waals surface area contributed by atoms with Crippen molar-refractivity contribution in [3.05, 3.63) is 39.5 Å². The van der Waals surface area contributed by atoms with Gasteiger partial charge in [0.05, 0.1) is 5.69 Å². The van der Waals surface area contributed by atoms with Gasteiger partial charge in [0.2, 0.25) is 0 Å². The third kappa shape index (κ3) is 1.46. The van der Waals surface area contributed by atoms with Gasteiger partial charge in [-0.3, -0.25) is 4.99 Å². The monoisotopic (exact) mass is 335 g/mol. The Bertz CT molecular complexity index is 653. The molecule has 0 spiro atoms. The molecule has 0 amide bonds. The Morgan fingerprint density at radius 1 is 1.18 bits per heavy atom. The van der Waals surface area contributed by atoms with Crippen LogP contribution in [0.25, 0.3) is 10.8 Å². The highest BCUT2D eigenvalue weighted by atomic mass is 127. The molecule has 0 unspecified atom stereocenters. The van der Waals surface area contributed by atoms with Crippen LogP contribution >= 0.6 is 22.6 Å². The van der Waals surface area contributed by atoms with E-state index < -0.39 is 0 Å². The van der Waals surface area contributed by atoms with Crippen molar-refractivity contribution in [1.29, 1.82) is 0 Å². The van der Waals surface area contributed by atoms with Crippen molar-refractivity contribution in [1.82, 2.24) is 0 Å². The molecule has 17 heavy (non-hydrogen) atoms. The molecule has 1 aliphatic heterocycles. The highest BCUT2D eigenvalue weighted by Crippen LogP contribution is 2.46. The molecule has 1 aliphatic rings. The maximum absolute atomic E-state index is 4.76. The van der Waals surface area contributed by atoms with Crippen molar-refractivity contribution in [3.8, 4) is 0 Å². The third-order valence-electron chi connectivity index (χ3n) is 3.78. The van der Waals surface area contributed by atoms with Gasteiger partial charge in [0.1, 0.15) is 0 Å². The standard InChI is InChI=1S/C15H14IN/c1-9-15(2,3)13-11-7-5-4-6-10(11)8-12(16)14(13)17-9/h4-8H,1-3H3. The molecule has 0 bridgehead atoms. The van der Waals surface area contributed by atoms with Crippen molar-refractivity contribution >= 4 is 44.8 Å². The minimum Gasteiger partial charge on any atom is -0.256 e. The molecule has 1 heterocycles. The van der Waals surface area contributed by atoms with Crippen molar-refractivity contribution in [2.24, 2.45) is 4.99 Å². The largest absolute Gasteiger partial charge is 0.256 e. The lowest BCUT2D eigenvalue weighted by Gasteiger charge is -2.22. The van der Waals surface area contributed by atoms with Gasteiger partial charge in [-0.15, -0.1) is 0 Å². The lowest BCUT2D eigenvalue weighted by atomic mass is 9.80. The fourth-order valence-electron chi connectivity index (χ4n) is 2.53. The van der Waals surface area contributed by atoms with E-state index in [4.69, 9.17) is 4.99 Å². The quantitative estimate of drug-likeness (QED) is 0.612. The van der Waals surface area contributed by atoms with Crippen LogP contribution in [0.4, 0.5) is 5.69 Å². The normalized spacial score (nSPS) is 17.1. The number of rotatable bonds is 0. The van der Waals surface area contributed by atoms with Gasteiger partial charge in [-0.05, 0) is 51.9 Å². The molecule has 2 aromatic rings. The number of aliphatic imine (C=N–C) groups is 1. The van der Waals surface area contributed by atoms with Crippen LogP contribution in [0, 0.1) is 3.57 Å². The van der Waals surface area contributed by atoms with Gasteiger partial charge in [0.25, 0.3) is 0 Å². The average molecular weight is 335 g/mol. The van der Waals surface area contributed by atoms with Gasteiger partial charge in [0, 0.05) is 14.7 Å². The van der Waals surface area contributed by atoms with Crippen LogP contribution in [0.15, 0.2) is 35.3 Å². The minimum absolute atomic E-state index is 0.0517. The lowest BCUT2D eigenvalue weighted by molar-refractivity contribution is 0.740. The molecule has 0 N–H and O–H groups in total. The van der Waals surface area contributed by atoms with E-state index in [1.807, 2.05) is 0 Å². The summed E-state index contributed by atoms with van der Waals surface area (Å²) in [5.74, 6) is 0. The molecule has 0 atom stereocenters. The summed E-state index contributed by atoms with van der Waals surface area (Å²) < 4.78 is 1.25. The molecule has 0 aromatic heterocycles. The van der Waals surface area contributed by atoms with Crippen LogP contribution in [0.2, 0.25) is 0 Å². The van der Waals surface area contributed by atoms with Gasteiger partial charge < -0.3 is 0 Å². The Hall–Kier alpha value is -0.900. The van der Waals surface area contributed by atoms with Crippen LogP contribution in [0.5, 0.6) is 0 Å². The first-order valence-corrected chi connectivity index (χ1v) is 6.87. The number of halogens is 1. The fourth-order valence-corrected chi connectivity index (χ4v) is 3.26. The number of nitrogens with zero attached hydrogens (tertiary/aromatic N) is 1. The summed E-state index contributed by atoms with van der Waals surface area (Å²) in [6.07, 6.45) is 0. The summed E-state index contributed by atoms with van der Waals surface area (Å²) in [6.45, 7) is 6.66. The zero-order chi connectivity index (χ0) is 12.2. The highest BCUT2D eigenvalue weighted by molar-refractivity contribution is 14.1. The Morgan fingerprint density at radius 2 is 1.88 bits per heavy atom. The predicted octanol–water partition coefficient (Wildman–Crippen LogP) is 4.83. The first-order chi connectivity index (χ1) is 8.01. The second kappa shape index (κ2) is 3.55. The first-order valence-electron chi connectivity index (χ1n) is 5.79. The second-order valence-corrected chi connectivity index (χ2v) is 6.29. The van der Waals surface area contributed by atoms with Gasteiger partial charge in [-0.2, -0.15) is 0 Å². The Kier molecular flexibility index (Phi) is 2.34. The molecule has 0 fully saturated rings. The zero-order valence-electron chi connectivity index (χ0n) is 10.2. The lowest BCUT2D eigenvalue weighted by Crippen LogP contribution is -2.23. The molecule has 3 rings (SSSR count). The molecule has 0 saturated carbocycles. The number of hydrogen-bond donors (Lipinski definition) is 0. The molecule has 2 aromatic carbocycles. The van der Waals surface area contributed by atoms with Crippen molar-refractivity contribution < 1.29 is 0 Å². The molecule has 0 radical (unpaired) electrons. The van der Waals surface area contributed by atoms with E-state index in [1.54, 1.807) is 0 Å². The summed E-state index contributed by atoms with van der Waals surface area (Å²) in [5, 5.41) is 2.65. The van der Waals surface area contributed by atoms with Crippen LogP contribution in [-0.2, 0) is 5.41 Å². The van der Waals surface area contributed by atoms with Crippen LogP contribution in [-0.4, -0.2) is 5.71 Å². The number of benzene rings is 2. The Morgan fingerprint density at radius 3 is 2.65 bits per heavy atom. The van der Waals surface area contributed by atoms with Gasteiger partial charge in [-0.1, -0.05) is 38.1 Å². The summed E-state index contributed by atoms with van der Waals surface area (Å²) in [7, 11) is 0. The van der Waals surface area contributed by atoms with E-state index in [-0.39, 0.29) is 5.41 Å². The van der Waals surface area contributed by atoms with E-state index in [2.05, 4.69) is 73.7 Å². The summed E-state index contributed by atoms with van der Waals surface area (Å²) in [6, 6.07) is 10.8. The van der Waals surface area contributed by atoms with E-state index in [1.165, 1.54) is 31.3 Å². The summed E-state index contributed by atoms with van der Waals surface area (Å²) in [5.41, 5.74) is 3.82. The van der Waals surface area contributed by atoms with Gasteiger partial charge in [-0.25, -0.2) is 0 Å². The molecule has 0 saturated heterocycles. The first kappa shape index (κ1) is 11.2. The van der Waals surface area contributed by atoms with Crippen molar-refractivity contribution in [2.75, 3.05) is 0 Å². The average Bonchev–Trinajstić information content (AvgIpc) is 2.52. The molecule has 2 heteroatoms. The predicted molar refractivity (Wildman–Crippen MR) is 82.5 cm³/mol. The van der Waals surface area contributed by atoms with Crippen LogP contribution in [0.3, 0.4) is 0 Å². The molecular formula is C15H14IN. The maximum Gasteiger partial charge on any atom is 0.0810 e. The number of fused-ring (bicyclic) bond motifs is 3. The van der Waals surface area contributed by atoms with Crippen molar-refractivity contribution in [2.45, 2.75) is 26.2 Å².